The van der Waals surface area contributed by atoms with Crippen LogP contribution in [0, 0.1) is 5.82 Å². The number of hydrogen-bond donors (Lipinski definition) is 1. The fourth-order valence-corrected chi connectivity index (χ4v) is 1.73. The first-order valence-corrected chi connectivity index (χ1v) is 4.84. The third-order valence-corrected chi connectivity index (χ3v) is 2.49. The third-order valence-electron chi connectivity index (χ3n) is 1.44. The highest BCUT2D eigenvalue weighted by Gasteiger charge is 2.01. The van der Waals surface area contributed by atoms with Gasteiger partial charge in [-0.2, -0.15) is 0 Å². The fourth-order valence-electron chi connectivity index (χ4n) is 0.823. The van der Waals surface area contributed by atoms with Crippen molar-refractivity contribution in [2.45, 2.75) is 11.3 Å². The second-order valence-electron chi connectivity index (χ2n) is 2.50. The first kappa shape index (κ1) is 10.1. The van der Waals surface area contributed by atoms with Crippen LogP contribution in [0.4, 0.5) is 4.39 Å². The maximum Gasteiger partial charge on any atom is 0.218 e. The van der Waals surface area contributed by atoms with Crippen molar-refractivity contribution in [2.24, 2.45) is 5.73 Å². The van der Waals surface area contributed by atoms with Crippen LogP contribution in [0.15, 0.2) is 29.2 Å². The third kappa shape index (κ3) is 3.46. The molecule has 0 aliphatic heterocycles. The smallest absolute Gasteiger partial charge is 0.218 e. The molecule has 0 radical (unpaired) electrons. The largest absolute Gasteiger partial charge is 0.370 e. The van der Waals surface area contributed by atoms with Crippen molar-refractivity contribution in [3.8, 4) is 0 Å². The molecular weight excluding hydrogens is 189 g/mol. The first-order chi connectivity index (χ1) is 6.20. The lowest BCUT2D eigenvalue weighted by Crippen LogP contribution is -2.10. The van der Waals surface area contributed by atoms with Gasteiger partial charge in [0.15, 0.2) is 0 Å². The predicted molar refractivity (Wildman–Crippen MR) is 50.9 cm³/mol. The minimum absolute atomic E-state index is 0.253. The Balaban J connectivity index is 2.45. The number of nitrogens with two attached hydrogens (primary N) is 1. The first-order valence-electron chi connectivity index (χ1n) is 3.86. The van der Waals surface area contributed by atoms with Gasteiger partial charge in [0.2, 0.25) is 5.91 Å². The number of carbonyl (C=O) groups excluding carboxylic acids is 1. The van der Waals surface area contributed by atoms with E-state index in [2.05, 4.69) is 0 Å². The Morgan fingerprint density at radius 1 is 1.46 bits per heavy atom. The fraction of sp³-hybridized carbons (Fsp3) is 0.222. The molecule has 0 heterocycles. The van der Waals surface area contributed by atoms with E-state index in [9.17, 15) is 9.18 Å². The van der Waals surface area contributed by atoms with Gasteiger partial charge >= 0.3 is 0 Å². The van der Waals surface area contributed by atoms with E-state index in [0.717, 1.165) is 0 Å². The minimum Gasteiger partial charge on any atom is -0.370 e. The molecule has 2 N–H and O–H groups in total. The molecular formula is C9H10FNOS. The molecule has 1 amide bonds. The molecule has 0 fully saturated rings. The zero-order chi connectivity index (χ0) is 9.68. The van der Waals surface area contributed by atoms with Gasteiger partial charge in [0.25, 0.3) is 0 Å². The zero-order valence-corrected chi connectivity index (χ0v) is 7.81. The number of hydrogen-bond acceptors (Lipinski definition) is 2. The van der Waals surface area contributed by atoms with Gasteiger partial charge in [-0.3, -0.25) is 4.79 Å². The van der Waals surface area contributed by atoms with Gasteiger partial charge in [-0.05, 0) is 12.1 Å². The van der Waals surface area contributed by atoms with E-state index in [1.807, 2.05) is 0 Å². The summed E-state index contributed by atoms with van der Waals surface area (Å²) in [6.07, 6.45) is 0.277. The van der Waals surface area contributed by atoms with E-state index in [1.54, 1.807) is 18.2 Å². The highest BCUT2D eigenvalue weighted by Crippen LogP contribution is 2.21. The summed E-state index contributed by atoms with van der Waals surface area (Å²) in [7, 11) is 0. The number of amides is 1. The number of thioether (sulfide) groups is 1. The summed E-state index contributed by atoms with van der Waals surface area (Å²) in [4.78, 5) is 10.9. The monoisotopic (exact) mass is 199 g/mol. The van der Waals surface area contributed by atoms with Crippen molar-refractivity contribution in [1.29, 1.82) is 0 Å². The van der Waals surface area contributed by atoms with Crippen LogP contribution in [0.3, 0.4) is 0 Å². The van der Waals surface area contributed by atoms with E-state index in [1.165, 1.54) is 17.8 Å². The molecule has 0 aromatic heterocycles. The van der Waals surface area contributed by atoms with Gasteiger partial charge in [-0.15, -0.1) is 11.8 Å². The van der Waals surface area contributed by atoms with Crippen LogP contribution in [-0.2, 0) is 4.79 Å². The Labute approximate surface area is 80.3 Å². The number of primary amides is 1. The average Bonchev–Trinajstić information content (AvgIpc) is 2.08. The molecule has 0 saturated carbocycles. The summed E-state index contributed by atoms with van der Waals surface area (Å²) < 4.78 is 13.0. The summed E-state index contributed by atoms with van der Waals surface area (Å²) >= 11 is 1.30. The zero-order valence-electron chi connectivity index (χ0n) is 7.00. The Morgan fingerprint density at radius 3 is 2.77 bits per heavy atom. The second-order valence-corrected chi connectivity index (χ2v) is 3.63. The molecule has 0 unspecified atom stereocenters. The maximum absolute atomic E-state index is 13.0. The van der Waals surface area contributed by atoms with E-state index in [-0.39, 0.29) is 18.1 Å². The van der Waals surface area contributed by atoms with Crippen LogP contribution in [0.2, 0.25) is 0 Å². The van der Waals surface area contributed by atoms with Crippen molar-refractivity contribution >= 4 is 17.7 Å². The van der Waals surface area contributed by atoms with Gasteiger partial charge in [-0.25, -0.2) is 4.39 Å². The summed E-state index contributed by atoms with van der Waals surface area (Å²) in [6.45, 7) is 0. The van der Waals surface area contributed by atoms with Gasteiger partial charge in [0.1, 0.15) is 5.82 Å². The SMILES string of the molecule is NC(=O)CCSc1ccccc1F. The van der Waals surface area contributed by atoms with E-state index in [0.29, 0.717) is 10.6 Å². The standard InChI is InChI=1S/C9H10FNOS/c10-7-3-1-2-4-8(7)13-6-5-9(11)12/h1-4H,5-6H2,(H2,11,12). The molecule has 0 saturated heterocycles. The Morgan fingerprint density at radius 2 is 2.15 bits per heavy atom. The molecule has 4 heteroatoms. The van der Waals surface area contributed by atoms with Crippen LogP contribution in [0.5, 0.6) is 0 Å². The van der Waals surface area contributed by atoms with Gasteiger partial charge in [-0.1, -0.05) is 12.1 Å². The minimum atomic E-state index is -0.358. The normalized spacial score (nSPS) is 9.92. The van der Waals surface area contributed by atoms with Gasteiger partial charge < -0.3 is 5.73 Å². The van der Waals surface area contributed by atoms with Gasteiger partial charge in [0, 0.05) is 17.1 Å². The summed E-state index contributed by atoms with van der Waals surface area (Å²) in [5.41, 5.74) is 4.95. The second kappa shape index (κ2) is 4.87. The molecule has 1 rings (SSSR count). The Hall–Kier alpha value is -1.03. The average molecular weight is 199 g/mol. The molecule has 1 aromatic rings. The quantitative estimate of drug-likeness (QED) is 0.751. The molecule has 0 aliphatic carbocycles. The summed E-state index contributed by atoms with van der Waals surface area (Å²) in [5, 5.41) is 0. The molecule has 0 atom stereocenters. The molecule has 0 aliphatic rings. The lowest BCUT2D eigenvalue weighted by molar-refractivity contribution is -0.117. The van der Waals surface area contributed by atoms with E-state index < -0.39 is 0 Å². The van der Waals surface area contributed by atoms with Crippen LogP contribution < -0.4 is 5.73 Å². The number of benzene rings is 1. The number of rotatable bonds is 4. The van der Waals surface area contributed by atoms with Crippen molar-refractivity contribution in [3.63, 3.8) is 0 Å². The van der Waals surface area contributed by atoms with E-state index in [4.69, 9.17) is 5.73 Å². The highest BCUT2D eigenvalue weighted by molar-refractivity contribution is 7.99. The topological polar surface area (TPSA) is 43.1 Å². The lowest BCUT2D eigenvalue weighted by atomic mass is 10.3. The Bertz CT molecular complexity index is 303. The van der Waals surface area contributed by atoms with Crippen molar-refractivity contribution in [2.75, 3.05) is 5.75 Å². The van der Waals surface area contributed by atoms with Crippen LogP contribution in [0.25, 0.3) is 0 Å². The van der Waals surface area contributed by atoms with Crippen LogP contribution >= 0.6 is 11.8 Å². The molecule has 0 bridgehead atoms. The summed E-state index contributed by atoms with van der Waals surface area (Å²) in [5.74, 6) is -0.0863. The predicted octanol–water partition coefficient (Wildman–Crippen LogP) is 1.79. The molecule has 70 valence electrons. The van der Waals surface area contributed by atoms with Crippen molar-refractivity contribution in [1.82, 2.24) is 0 Å². The van der Waals surface area contributed by atoms with Crippen LogP contribution in [-0.4, -0.2) is 11.7 Å². The molecule has 2 nitrogen and oxygen atoms in total. The number of carbonyl (C=O) groups is 1. The maximum atomic E-state index is 13.0. The molecule has 13 heavy (non-hydrogen) atoms. The Kier molecular flexibility index (Phi) is 3.76. The highest BCUT2D eigenvalue weighted by atomic mass is 32.2. The van der Waals surface area contributed by atoms with Crippen molar-refractivity contribution in [3.05, 3.63) is 30.1 Å². The molecule has 0 spiro atoms. The van der Waals surface area contributed by atoms with E-state index >= 15 is 0 Å². The number of halogens is 1. The van der Waals surface area contributed by atoms with Gasteiger partial charge in [0.05, 0.1) is 0 Å². The molecule has 1 aromatic carbocycles. The van der Waals surface area contributed by atoms with Crippen LogP contribution in [0.1, 0.15) is 6.42 Å². The lowest BCUT2D eigenvalue weighted by Gasteiger charge is -2.00. The summed E-state index contributed by atoms with van der Waals surface area (Å²) in [6, 6.07) is 6.47. The van der Waals surface area contributed by atoms with Crippen molar-refractivity contribution < 1.29 is 9.18 Å².